The van der Waals surface area contributed by atoms with Gasteiger partial charge in [0.15, 0.2) is 0 Å². The summed E-state index contributed by atoms with van der Waals surface area (Å²) in [5, 5.41) is 0. The molecule has 212 valence electrons. The van der Waals surface area contributed by atoms with Gasteiger partial charge in [-0.3, -0.25) is 4.90 Å². The van der Waals surface area contributed by atoms with Gasteiger partial charge >= 0.3 is 12.2 Å². The summed E-state index contributed by atoms with van der Waals surface area (Å²) < 4.78 is 16.9. The van der Waals surface area contributed by atoms with Crippen LogP contribution >= 0.6 is 0 Å². The predicted octanol–water partition coefficient (Wildman–Crippen LogP) is 5.52. The minimum Gasteiger partial charge on any atom is -0.494 e. The smallest absolute Gasteiger partial charge is 0.410 e. The van der Waals surface area contributed by atoms with Crippen LogP contribution in [0.3, 0.4) is 0 Å². The first-order valence-electron chi connectivity index (χ1n) is 14.2. The molecule has 0 N–H and O–H groups in total. The van der Waals surface area contributed by atoms with Crippen molar-refractivity contribution in [3.63, 3.8) is 0 Å². The summed E-state index contributed by atoms with van der Waals surface area (Å²) in [4.78, 5) is 30.6. The highest BCUT2D eigenvalue weighted by Crippen LogP contribution is 2.29. The fraction of sp³-hybridized carbons (Fsp3) is 0.548. The van der Waals surface area contributed by atoms with Crippen molar-refractivity contribution in [3.8, 4) is 5.75 Å². The van der Waals surface area contributed by atoms with E-state index in [4.69, 9.17) is 14.2 Å². The molecule has 0 bridgehead atoms. The highest BCUT2D eigenvalue weighted by molar-refractivity contribution is 5.68. The third kappa shape index (κ3) is 9.17. The lowest BCUT2D eigenvalue weighted by Crippen LogP contribution is -2.50. The first-order valence-corrected chi connectivity index (χ1v) is 14.2. The van der Waals surface area contributed by atoms with Crippen LogP contribution in [0.2, 0.25) is 0 Å². The molecule has 0 atom stereocenters. The number of piperidine rings is 1. The van der Waals surface area contributed by atoms with Crippen LogP contribution in [0.15, 0.2) is 54.6 Å². The molecular weight excluding hydrogens is 494 g/mol. The lowest BCUT2D eigenvalue weighted by atomic mass is 9.89. The number of benzene rings is 2. The maximum atomic E-state index is 12.4. The average Bonchev–Trinajstić information content (AvgIpc) is 2.94. The summed E-state index contributed by atoms with van der Waals surface area (Å²) in [6, 6.07) is 18.2. The molecule has 0 aliphatic carbocycles. The van der Waals surface area contributed by atoms with Crippen molar-refractivity contribution in [2.75, 3.05) is 52.4 Å². The van der Waals surface area contributed by atoms with E-state index in [1.165, 1.54) is 5.56 Å². The van der Waals surface area contributed by atoms with Crippen LogP contribution in [-0.2, 0) is 16.1 Å². The van der Waals surface area contributed by atoms with Gasteiger partial charge in [-0.2, -0.15) is 0 Å². The van der Waals surface area contributed by atoms with E-state index in [1.807, 2.05) is 56.0 Å². The fourth-order valence-corrected chi connectivity index (χ4v) is 5.00. The number of nitrogens with zero attached hydrogens (tertiary/aromatic N) is 3. The Balaban J connectivity index is 1.10. The van der Waals surface area contributed by atoms with Crippen LogP contribution in [0.25, 0.3) is 0 Å². The van der Waals surface area contributed by atoms with Crippen LogP contribution in [0.5, 0.6) is 5.75 Å². The van der Waals surface area contributed by atoms with E-state index in [-0.39, 0.29) is 12.2 Å². The topological polar surface area (TPSA) is 71.6 Å². The third-order valence-corrected chi connectivity index (χ3v) is 7.22. The van der Waals surface area contributed by atoms with Gasteiger partial charge in [0.25, 0.3) is 0 Å². The molecule has 2 aliphatic rings. The standard InChI is InChI=1S/C31H43N3O5/c1-31(2,3)39-30(36)34-21-19-32(20-22-34)16-7-23-37-28-12-10-26(11-13-28)27-14-17-33(18-15-27)29(35)38-24-25-8-5-4-6-9-25/h4-6,8-13,27H,7,14-24H2,1-3H3. The van der Waals surface area contributed by atoms with Gasteiger partial charge in [-0.05, 0) is 69.2 Å². The summed E-state index contributed by atoms with van der Waals surface area (Å²) >= 11 is 0. The average molecular weight is 538 g/mol. The molecule has 2 aromatic carbocycles. The van der Waals surface area contributed by atoms with Gasteiger partial charge in [-0.25, -0.2) is 9.59 Å². The van der Waals surface area contributed by atoms with E-state index >= 15 is 0 Å². The summed E-state index contributed by atoms with van der Waals surface area (Å²) in [7, 11) is 0. The molecule has 2 fully saturated rings. The summed E-state index contributed by atoms with van der Waals surface area (Å²) in [6.07, 6.45) is 2.35. The minimum absolute atomic E-state index is 0.221. The molecule has 2 aromatic rings. The zero-order valence-electron chi connectivity index (χ0n) is 23.6. The van der Waals surface area contributed by atoms with Crippen molar-refractivity contribution in [3.05, 3.63) is 65.7 Å². The van der Waals surface area contributed by atoms with E-state index in [0.717, 1.165) is 50.2 Å². The summed E-state index contributed by atoms with van der Waals surface area (Å²) in [6.45, 7) is 12.1. The highest BCUT2D eigenvalue weighted by Gasteiger charge is 2.26. The minimum atomic E-state index is -0.458. The molecule has 0 spiro atoms. The molecule has 2 aliphatic heterocycles. The van der Waals surface area contributed by atoms with Gasteiger partial charge in [0.2, 0.25) is 0 Å². The van der Waals surface area contributed by atoms with Gasteiger partial charge in [0.1, 0.15) is 18.0 Å². The Bertz CT molecular complexity index is 1040. The van der Waals surface area contributed by atoms with Crippen LogP contribution < -0.4 is 4.74 Å². The SMILES string of the molecule is CC(C)(C)OC(=O)N1CCN(CCCOc2ccc(C3CCN(C(=O)OCc4ccccc4)CC3)cc2)CC1. The summed E-state index contributed by atoms with van der Waals surface area (Å²) in [5.74, 6) is 1.33. The number of hydrogen-bond acceptors (Lipinski definition) is 6. The van der Waals surface area contributed by atoms with E-state index in [0.29, 0.717) is 45.3 Å². The second kappa shape index (κ2) is 13.7. The molecule has 8 nitrogen and oxygen atoms in total. The number of hydrogen-bond donors (Lipinski definition) is 0. The quantitative estimate of drug-likeness (QED) is 0.413. The number of ether oxygens (including phenoxy) is 3. The van der Waals surface area contributed by atoms with Gasteiger partial charge < -0.3 is 24.0 Å². The van der Waals surface area contributed by atoms with E-state index in [9.17, 15) is 9.59 Å². The second-order valence-electron chi connectivity index (χ2n) is 11.4. The monoisotopic (exact) mass is 537 g/mol. The molecule has 2 heterocycles. The lowest BCUT2D eigenvalue weighted by Gasteiger charge is -2.35. The first-order chi connectivity index (χ1) is 18.8. The van der Waals surface area contributed by atoms with Crippen molar-refractivity contribution >= 4 is 12.2 Å². The van der Waals surface area contributed by atoms with Crippen molar-refractivity contribution < 1.29 is 23.8 Å². The summed E-state index contributed by atoms with van der Waals surface area (Å²) in [5.41, 5.74) is 1.84. The van der Waals surface area contributed by atoms with Crippen molar-refractivity contribution in [1.29, 1.82) is 0 Å². The van der Waals surface area contributed by atoms with Crippen LogP contribution in [-0.4, -0.2) is 84.9 Å². The maximum Gasteiger partial charge on any atom is 0.410 e. The van der Waals surface area contributed by atoms with Gasteiger partial charge in [-0.1, -0.05) is 42.5 Å². The van der Waals surface area contributed by atoms with Crippen molar-refractivity contribution in [2.45, 2.75) is 58.2 Å². The molecule has 39 heavy (non-hydrogen) atoms. The second-order valence-corrected chi connectivity index (χ2v) is 11.4. The van der Waals surface area contributed by atoms with E-state index in [1.54, 1.807) is 4.90 Å². The largest absolute Gasteiger partial charge is 0.494 e. The molecule has 0 aromatic heterocycles. The van der Waals surface area contributed by atoms with Gasteiger partial charge in [-0.15, -0.1) is 0 Å². The number of likely N-dealkylation sites (tertiary alicyclic amines) is 1. The molecular formula is C31H43N3O5. The number of amides is 2. The fourth-order valence-electron chi connectivity index (χ4n) is 5.00. The van der Waals surface area contributed by atoms with E-state index in [2.05, 4.69) is 29.2 Å². The van der Waals surface area contributed by atoms with Crippen molar-refractivity contribution in [1.82, 2.24) is 14.7 Å². The third-order valence-electron chi connectivity index (χ3n) is 7.22. The lowest BCUT2D eigenvalue weighted by molar-refractivity contribution is 0.0142. The Morgan fingerprint density at radius 3 is 2.10 bits per heavy atom. The number of rotatable bonds is 8. The Labute approximate surface area is 232 Å². The number of carbonyl (C=O) groups is 2. The Morgan fingerprint density at radius 2 is 1.46 bits per heavy atom. The first kappa shape index (κ1) is 28.7. The number of carbonyl (C=O) groups excluding carboxylic acids is 2. The van der Waals surface area contributed by atoms with Crippen LogP contribution in [0.4, 0.5) is 9.59 Å². The molecule has 4 rings (SSSR count). The van der Waals surface area contributed by atoms with Crippen LogP contribution in [0.1, 0.15) is 57.1 Å². The molecule has 0 radical (unpaired) electrons. The molecule has 8 heteroatoms. The zero-order valence-corrected chi connectivity index (χ0v) is 23.6. The molecule has 0 unspecified atom stereocenters. The maximum absolute atomic E-state index is 12.4. The Kier molecular flexibility index (Phi) is 10.1. The molecule has 2 saturated heterocycles. The predicted molar refractivity (Wildman–Crippen MR) is 151 cm³/mol. The Hall–Kier alpha value is -3.26. The van der Waals surface area contributed by atoms with Gasteiger partial charge in [0, 0.05) is 45.8 Å². The van der Waals surface area contributed by atoms with Crippen LogP contribution in [0, 0.1) is 0 Å². The zero-order chi connectivity index (χ0) is 27.7. The van der Waals surface area contributed by atoms with E-state index < -0.39 is 5.60 Å². The normalized spacial score (nSPS) is 17.1. The number of piperazine rings is 1. The van der Waals surface area contributed by atoms with Gasteiger partial charge in [0.05, 0.1) is 6.61 Å². The highest BCUT2D eigenvalue weighted by atomic mass is 16.6. The molecule has 2 amide bonds. The Morgan fingerprint density at radius 1 is 0.821 bits per heavy atom. The van der Waals surface area contributed by atoms with Crippen molar-refractivity contribution in [2.24, 2.45) is 0 Å². The molecule has 0 saturated carbocycles.